The largest absolute Gasteiger partial charge is 0.494 e. The number of rotatable bonds is 4. The third kappa shape index (κ3) is 3.23. The molecule has 0 saturated heterocycles. The van der Waals surface area contributed by atoms with Gasteiger partial charge in [-0.1, -0.05) is 6.42 Å². The maximum Gasteiger partial charge on any atom is 0.251 e. The first kappa shape index (κ1) is 13.8. The molecule has 2 atom stereocenters. The number of benzene rings is 1. The number of ether oxygens (including phenoxy) is 1. The van der Waals surface area contributed by atoms with Crippen molar-refractivity contribution in [1.29, 1.82) is 0 Å². The molecule has 4 nitrogen and oxygen atoms in total. The molecule has 0 bridgehead atoms. The number of hydrogen-bond acceptors (Lipinski definition) is 3. The molecule has 2 rings (SSSR count). The molecule has 0 heterocycles. The van der Waals surface area contributed by atoms with Gasteiger partial charge in [-0.05, 0) is 31.0 Å². The average molecular weight is 267 g/mol. The van der Waals surface area contributed by atoms with Crippen molar-refractivity contribution in [3.8, 4) is 5.75 Å². The molecule has 1 aromatic rings. The Hall–Kier alpha value is -1.62. The van der Waals surface area contributed by atoms with E-state index in [-0.39, 0.29) is 29.2 Å². The van der Waals surface area contributed by atoms with Crippen LogP contribution >= 0.6 is 0 Å². The topological polar surface area (TPSA) is 58.6 Å². The first-order chi connectivity index (χ1) is 9.11. The number of amides is 1. The highest BCUT2D eigenvalue weighted by molar-refractivity contribution is 5.94. The van der Waals surface area contributed by atoms with E-state index in [2.05, 4.69) is 5.32 Å². The van der Waals surface area contributed by atoms with E-state index in [1.54, 1.807) is 0 Å². The zero-order valence-corrected chi connectivity index (χ0v) is 10.9. The van der Waals surface area contributed by atoms with E-state index >= 15 is 0 Å². The molecule has 2 unspecified atom stereocenters. The summed E-state index contributed by atoms with van der Waals surface area (Å²) >= 11 is 0. The van der Waals surface area contributed by atoms with Crippen LogP contribution in [0.2, 0.25) is 0 Å². The lowest BCUT2D eigenvalue weighted by Crippen LogP contribution is -2.32. The Morgan fingerprint density at radius 3 is 2.89 bits per heavy atom. The van der Waals surface area contributed by atoms with Crippen molar-refractivity contribution < 1.29 is 19.0 Å². The van der Waals surface area contributed by atoms with Crippen molar-refractivity contribution in [2.45, 2.75) is 25.4 Å². The van der Waals surface area contributed by atoms with E-state index in [4.69, 9.17) is 4.74 Å². The SMILES string of the molecule is COc1ccc(C(=O)NCC2CCCC2O)cc1F. The predicted octanol–water partition coefficient (Wildman–Crippen LogP) is 1.73. The Morgan fingerprint density at radius 1 is 1.53 bits per heavy atom. The van der Waals surface area contributed by atoms with Crippen molar-refractivity contribution in [2.75, 3.05) is 13.7 Å². The van der Waals surface area contributed by atoms with Crippen LogP contribution in [0.3, 0.4) is 0 Å². The van der Waals surface area contributed by atoms with Crippen molar-refractivity contribution >= 4 is 5.91 Å². The van der Waals surface area contributed by atoms with Crippen LogP contribution in [0.5, 0.6) is 5.75 Å². The van der Waals surface area contributed by atoms with Gasteiger partial charge in [0.1, 0.15) is 0 Å². The maximum atomic E-state index is 13.5. The van der Waals surface area contributed by atoms with Crippen LogP contribution in [-0.4, -0.2) is 30.8 Å². The van der Waals surface area contributed by atoms with E-state index in [1.165, 1.54) is 19.2 Å². The molecule has 2 N–H and O–H groups in total. The zero-order chi connectivity index (χ0) is 13.8. The molecule has 1 saturated carbocycles. The van der Waals surface area contributed by atoms with Gasteiger partial charge in [-0.15, -0.1) is 0 Å². The van der Waals surface area contributed by atoms with Gasteiger partial charge in [0.15, 0.2) is 11.6 Å². The molecule has 0 spiro atoms. The fourth-order valence-corrected chi connectivity index (χ4v) is 2.39. The van der Waals surface area contributed by atoms with E-state index in [9.17, 15) is 14.3 Å². The summed E-state index contributed by atoms with van der Waals surface area (Å²) < 4.78 is 18.3. The van der Waals surface area contributed by atoms with Crippen molar-refractivity contribution in [2.24, 2.45) is 5.92 Å². The highest BCUT2D eigenvalue weighted by atomic mass is 19.1. The second-order valence-corrected chi connectivity index (χ2v) is 4.82. The number of methoxy groups -OCH3 is 1. The summed E-state index contributed by atoms with van der Waals surface area (Å²) in [4.78, 5) is 11.9. The number of nitrogens with one attached hydrogen (secondary N) is 1. The van der Waals surface area contributed by atoms with Crippen molar-refractivity contribution in [1.82, 2.24) is 5.32 Å². The van der Waals surface area contributed by atoms with E-state index in [0.29, 0.717) is 6.54 Å². The average Bonchev–Trinajstić information content (AvgIpc) is 2.81. The summed E-state index contributed by atoms with van der Waals surface area (Å²) in [5, 5.41) is 12.4. The Balaban J connectivity index is 1.94. The first-order valence-corrected chi connectivity index (χ1v) is 6.41. The molecule has 19 heavy (non-hydrogen) atoms. The molecule has 1 aliphatic carbocycles. The summed E-state index contributed by atoms with van der Waals surface area (Å²) in [6, 6.07) is 4.09. The van der Waals surface area contributed by atoms with Gasteiger partial charge >= 0.3 is 0 Å². The van der Waals surface area contributed by atoms with Gasteiger partial charge in [-0.25, -0.2) is 4.39 Å². The van der Waals surface area contributed by atoms with Gasteiger partial charge in [0.05, 0.1) is 13.2 Å². The third-order valence-corrected chi connectivity index (χ3v) is 3.56. The normalized spacial score (nSPS) is 22.3. The number of carbonyl (C=O) groups is 1. The van der Waals surface area contributed by atoms with Crippen LogP contribution in [-0.2, 0) is 0 Å². The summed E-state index contributed by atoms with van der Waals surface area (Å²) in [6.45, 7) is 0.424. The monoisotopic (exact) mass is 267 g/mol. The highest BCUT2D eigenvalue weighted by Crippen LogP contribution is 2.24. The minimum Gasteiger partial charge on any atom is -0.494 e. The Morgan fingerprint density at radius 2 is 2.32 bits per heavy atom. The van der Waals surface area contributed by atoms with Gasteiger partial charge in [-0.2, -0.15) is 0 Å². The summed E-state index contributed by atoms with van der Waals surface area (Å²) in [5.74, 6) is -0.675. The molecule has 0 aromatic heterocycles. The Kier molecular flexibility index (Phi) is 4.37. The third-order valence-electron chi connectivity index (χ3n) is 3.56. The van der Waals surface area contributed by atoms with Gasteiger partial charge < -0.3 is 15.2 Å². The standard InChI is InChI=1S/C14H18FNO3/c1-19-13-6-5-9(7-11(13)15)14(18)16-8-10-3-2-4-12(10)17/h5-7,10,12,17H,2-4,8H2,1H3,(H,16,18). The lowest BCUT2D eigenvalue weighted by molar-refractivity contribution is 0.0916. The van der Waals surface area contributed by atoms with Crippen LogP contribution in [0.4, 0.5) is 4.39 Å². The quantitative estimate of drug-likeness (QED) is 0.873. The molecule has 0 radical (unpaired) electrons. The van der Waals surface area contributed by atoms with Gasteiger partial charge in [-0.3, -0.25) is 4.79 Å². The number of aliphatic hydroxyl groups is 1. The number of carbonyl (C=O) groups excluding carboxylic acids is 1. The lowest BCUT2D eigenvalue weighted by atomic mass is 10.1. The molecule has 104 valence electrons. The molecule has 1 fully saturated rings. The predicted molar refractivity (Wildman–Crippen MR) is 68.6 cm³/mol. The van der Waals surface area contributed by atoms with Crippen LogP contribution < -0.4 is 10.1 Å². The minimum atomic E-state index is -0.559. The van der Waals surface area contributed by atoms with Gasteiger partial charge in [0.25, 0.3) is 5.91 Å². The smallest absolute Gasteiger partial charge is 0.251 e. The van der Waals surface area contributed by atoms with Crippen LogP contribution in [0, 0.1) is 11.7 Å². The molecule has 0 aliphatic heterocycles. The fourth-order valence-electron chi connectivity index (χ4n) is 2.39. The van der Waals surface area contributed by atoms with Gasteiger partial charge in [0.2, 0.25) is 0 Å². The van der Waals surface area contributed by atoms with Crippen molar-refractivity contribution in [3.05, 3.63) is 29.6 Å². The summed E-state index contributed by atoms with van der Waals surface area (Å²) in [7, 11) is 1.37. The Bertz CT molecular complexity index is 464. The van der Waals surface area contributed by atoms with Crippen LogP contribution in [0.25, 0.3) is 0 Å². The van der Waals surface area contributed by atoms with Crippen LogP contribution in [0.1, 0.15) is 29.6 Å². The number of aliphatic hydroxyl groups excluding tert-OH is 1. The molecule has 1 aliphatic rings. The lowest BCUT2D eigenvalue weighted by Gasteiger charge is -2.15. The highest BCUT2D eigenvalue weighted by Gasteiger charge is 2.25. The summed E-state index contributed by atoms with van der Waals surface area (Å²) in [5.41, 5.74) is 0.255. The molecule has 5 heteroatoms. The molecule has 1 aromatic carbocycles. The minimum absolute atomic E-state index is 0.104. The molecular weight excluding hydrogens is 249 g/mol. The van der Waals surface area contributed by atoms with E-state index < -0.39 is 5.82 Å². The molecular formula is C14H18FNO3. The van der Waals surface area contributed by atoms with E-state index in [1.807, 2.05) is 0 Å². The van der Waals surface area contributed by atoms with E-state index in [0.717, 1.165) is 25.3 Å². The molecule has 1 amide bonds. The fraction of sp³-hybridized carbons (Fsp3) is 0.500. The zero-order valence-electron chi connectivity index (χ0n) is 10.9. The number of hydrogen-bond donors (Lipinski definition) is 2. The maximum absolute atomic E-state index is 13.5. The second-order valence-electron chi connectivity index (χ2n) is 4.82. The van der Waals surface area contributed by atoms with Gasteiger partial charge in [0, 0.05) is 18.0 Å². The number of halogens is 1. The second kappa shape index (κ2) is 6.02. The summed E-state index contributed by atoms with van der Waals surface area (Å²) in [6.07, 6.45) is 2.35. The van der Waals surface area contributed by atoms with Crippen LogP contribution in [0.15, 0.2) is 18.2 Å². The van der Waals surface area contributed by atoms with Crippen molar-refractivity contribution in [3.63, 3.8) is 0 Å². The Labute approximate surface area is 111 Å². The first-order valence-electron chi connectivity index (χ1n) is 6.41.